The Morgan fingerprint density at radius 2 is 1.83 bits per heavy atom. The minimum atomic E-state index is -0.298. The number of esters is 1. The van der Waals surface area contributed by atoms with Gasteiger partial charge in [-0.25, -0.2) is 4.79 Å². The predicted octanol–water partition coefficient (Wildman–Crippen LogP) is 2.12. The summed E-state index contributed by atoms with van der Waals surface area (Å²) < 4.78 is 10.6. The van der Waals surface area contributed by atoms with Crippen molar-refractivity contribution in [2.75, 3.05) is 6.54 Å². The highest BCUT2D eigenvalue weighted by Gasteiger charge is 2.08. The Bertz CT molecular complexity index is 373. The molecule has 1 aromatic rings. The summed E-state index contributed by atoms with van der Waals surface area (Å²) in [6, 6.07) is 7.22. The monoisotopic (exact) mass is 251 g/mol. The zero-order chi connectivity index (χ0) is 13.5. The Morgan fingerprint density at radius 3 is 2.33 bits per heavy atom. The van der Waals surface area contributed by atoms with Crippen LogP contribution in [0.25, 0.3) is 0 Å². The second-order valence-corrected chi connectivity index (χ2v) is 4.51. The van der Waals surface area contributed by atoms with Gasteiger partial charge in [-0.05, 0) is 38.5 Å². The van der Waals surface area contributed by atoms with E-state index in [9.17, 15) is 4.79 Å². The molecule has 0 fully saturated rings. The second-order valence-electron chi connectivity index (χ2n) is 4.51. The first-order valence-corrected chi connectivity index (χ1v) is 6.14. The van der Waals surface area contributed by atoms with E-state index in [0.717, 1.165) is 5.56 Å². The van der Waals surface area contributed by atoms with Crippen molar-refractivity contribution in [3.63, 3.8) is 0 Å². The molecule has 1 aromatic carbocycles. The highest BCUT2D eigenvalue weighted by molar-refractivity contribution is 5.89. The molecule has 1 rings (SSSR count). The molecule has 0 aliphatic heterocycles. The number of rotatable bonds is 6. The van der Waals surface area contributed by atoms with Crippen LogP contribution in [0.4, 0.5) is 0 Å². The lowest BCUT2D eigenvalue weighted by Crippen LogP contribution is -2.19. The fraction of sp³-hybridized carbons (Fsp3) is 0.500. The van der Waals surface area contributed by atoms with E-state index in [4.69, 9.17) is 15.2 Å². The topological polar surface area (TPSA) is 61.5 Å². The lowest BCUT2D eigenvalue weighted by atomic mass is 10.1. The lowest BCUT2D eigenvalue weighted by molar-refractivity contribution is 0.0377. The van der Waals surface area contributed by atoms with Gasteiger partial charge in [0.25, 0.3) is 0 Å². The fourth-order valence-corrected chi connectivity index (χ4v) is 1.33. The van der Waals surface area contributed by atoms with E-state index < -0.39 is 0 Å². The van der Waals surface area contributed by atoms with Crippen LogP contribution in [0.1, 0.15) is 36.7 Å². The summed E-state index contributed by atoms with van der Waals surface area (Å²) in [4.78, 5) is 11.6. The van der Waals surface area contributed by atoms with Gasteiger partial charge in [-0.2, -0.15) is 0 Å². The Hall–Kier alpha value is -1.39. The first-order valence-electron chi connectivity index (χ1n) is 6.14. The second kappa shape index (κ2) is 7.13. The molecule has 2 N–H and O–H groups in total. The van der Waals surface area contributed by atoms with Crippen molar-refractivity contribution < 1.29 is 14.3 Å². The molecule has 18 heavy (non-hydrogen) atoms. The molecule has 0 spiro atoms. The van der Waals surface area contributed by atoms with Gasteiger partial charge in [-0.1, -0.05) is 12.1 Å². The van der Waals surface area contributed by atoms with Gasteiger partial charge in [0.2, 0.25) is 0 Å². The van der Waals surface area contributed by atoms with Gasteiger partial charge in [0, 0.05) is 6.54 Å². The summed E-state index contributed by atoms with van der Waals surface area (Å²) in [6.07, 6.45) is -0.0681. The molecule has 0 saturated carbocycles. The largest absolute Gasteiger partial charge is 0.459 e. The molecule has 1 atom stereocenters. The zero-order valence-electron chi connectivity index (χ0n) is 11.2. The number of ether oxygens (including phenoxy) is 2. The number of carbonyl (C=O) groups excluding carboxylic acids is 1. The van der Waals surface area contributed by atoms with Crippen molar-refractivity contribution in [3.8, 4) is 0 Å². The van der Waals surface area contributed by atoms with Crippen molar-refractivity contribution in [3.05, 3.63) is 35.4 Å². The van der Waals surface area contributed by atoms with E-state index in [-0.39, 0.29) is 18.2 Å². The summed E-state index contributed by atoms with van der Waals surface area (Å²) in [5.41, 5.74) is 7.03. The Balaban J connectivity index is 2.54. The molecule has 0 heterocycles. The van der Waals surface area contributed by atoms with Crippen LogP contribution in [0.5, 0.6) is 0 Å². The summed E-state index contributed by atoms with van der Waals surface area (Å²) in [5.74, 6) is -0.298. The fourth-order valence-electron chi connectivity index (χ4n) is 1.33. The van der Waals surface area contributed by atoms with E-state index in [0.29, 0.717) is 18.7 Å². The van der Waals surface area contributed by atoms with Gasteiger partial charge in [-0.3, -0.25) is 0 Å². The van der Waals surface area contributed by atoms with Gasteiger partial charge in [-0.15, -0.1) is 0 Å². The van der Waals surface area contributed by atoms with Crippen molar-refractivity contribution >= 4 is 5.97 Å². The number of nitrogens with two attached hydrogens (primary N) is 1. The first-order chi connectivity index (χ1) is 8.52. The van der Waals surface area contributed by atoms with Gasteiger partial charge in [0.15, 0.2) is 0 Å². The maximum absolute atomic E-state index is 11.6. The Kier molecular flexibility index (Phi) is 5.82. The van der Waals surface area contributed by atoms with Crippen molar-refractivity contribution in [2.24, 2.45) is 5.73 Å². The predicted molar refractivity (Wildman–Crippen MR) is 70.3 cm³/mol. The normalized spacial score (nSPS) is 12.5. The molecule has 0 amide bonds. The zero-order valence-corrected chi connectivity index (χ0v) is 11.2. The van der Waals surface area contributed by atoms with Crippen molar-refractivity contribution in [1.82, 2.24) is 0 Å². The lowest BCUT2D eigenvalue weighted by Gasteiger charge is -2.11. The van der Waals surface area contributed by atoms with E-state index in [1.165, 1.54) is 0 Å². The van der Waals surface area contributed by atoms with Crippen molar-refractivity contribution in [1.29, 1.82) is 0 Å². The van der Waals surface area contributed by atoms with Gasteiger partial charge >= 0.3 is 5.97 Å². The van der Waals surface area contributed by atoms with E-state index in [1.54, 1.807) is 12.1 Å². The van der Waals surface area contributed by atoms with Crippen LogP contribution in [0.2, 0.25) is 0 Å². The summed E-state index contributed by atoms with van der Waals surface area (Å²) in [5, 5.41) is 0. The average molecular weight is 251 g/mol. The van der Waals surface area contributed by atoms with Gasteiger partial charge in [0.1, 0.15) is 0 Å². The highest BCUT2D eigenvalue weighted by atomic mass is 16.5. The maximum atomic E-state index is 11.6. The van der Waals surface area contributed by atoms with Gasteiger partial charge < -0.3 is 15.2 Å². The van der Waals surface area contributed by atoms with Crippen LogP contribution in [0.15, 0.2) is 24.3 Å². The third kappa shape index (κ3) is 4.85. The van der Waals surface area contributed by atoms with Crippen LogP contribution >= 0.6 is 0 Å². The van der Waals surface area contributed by atoms with Crippen LogP contribution < -0.4 is 5.73 Å². The molecule has 0 aliphatic rings. The highest BCUT2D eigenvalue weighted by Crippen LogP contribution is 2.09. The number of carbonyl (C=O) groups is 1. The molecule has 100 valence electrons. The maximum Gasteiger partial charge on any atom is 0.338 e. The minimum absolute atomic E-state index is 0.0376. The molecule has 0 saturated heterocycles. The first kappa shape index (κ1) is 14.7. The van der Waals surface area contributed by atoms with E-state index in [2.05, 4.69) is 0 Å². The van der Waals surface area contributed by atoms with E-state index >= 15 is 0 Å². The average Bonchev–Trinajstić information content (AvgIpc) is 2.35. The van der Waals surface area contributed by atoms with Crippen molar-refractivity contribution in [2.45, 2.75) is 39.6 Å². The summed E-state index contributed by atoms with van der Waals surface area (Å²) >= 11 is 0. The molecule has 0 aliphatic carbocycles. The number of benzene rings is 1. The van der Waals surface area contributed by atoms with Gasteiger partial charge in [0.05, 0.1) is 24.4 Å². The molecule has 0 radical (unpaired) electrons. The van der Waals surface area contributed by atoms with Crippen LogP contribution in [0, 0.1) is 0 Å². The molecule has 4 heteroatoms. The van der Waals surface area contributed by atoms with Crippen LogP contribution in [-0.2, 0) is 16.1 Å². The molecular formula is C14H21NO3. The molecule has 4 nitrogen and oxygen atoms in total. The quantitative estimate of drug-likeness (QED) is 0.787. The molecule has 0 bridgehead atoms. The number of hydrogen-bond acceptors (Lipinski definition) is 4. The smallest absolute Gasteiger partial charge is 0.338 e. The summed E-state index contributed by atoms with van der Waals surface area (Å²) in [7, 11) is 0. The third-order valence-electron chi connectivity index (χ3n) is 2.40. The molecule has 0 aromatic heterocycles. The summed E-state index contributed by atoms with van der Waals surface area (Å²) in [6.45, 7) is 6.58. The third-order valence-corrected chi connectivity index (χ3v) is 2.40. The molecular weight excluding hydrogens is 230 g/mol. The Morgan fingerprint density at radius 1 is 1.22 bits per heavy atom. The number of hydrogen-bond donors (Lipinski definition) is 1. The van der Waals surface area contributed by atoms with Crippen LogP contribution in [-0.4, -0.2) is 24.7 Å². The van der Waals surface area contributed by atoms with Crippen LogP contribution in [0.3, 0.4) is 0 Å². The SMILES string of the molecule is CC(C)OC(=O)c1ccc(COC(C)CN)cc1. The minimum Gasteiger partial charge on any atom is -0.459 e. The molecule has 1 unspecified atom stereocenters. The Labute approximate surface area is 108 Å². The van der Waals surface area contributed by atoms with E-state index in [1.807, 2.05) is 32.9 Å². The standard InChI is InChI=1S/C14H21NO3/c1-10(2)18-14(16)13-6-4-12(5-7-13)9-17-11(3)8-15/h4-7,10-11H,8-9,15H2,1-3H3.